The van der Waals surface area contributed by atoms with E-state index in [1.54, 1.807) is 0 Å². The smallest absolute Gasteiger partial charge is 0.306 e. The van der Waals surface area contributed by atoms with E-state index in [0.29, 0.717) is 12.8 Å². The Kier molecular flexibility index (Phi) is 36.7. The van der Waals surface area contributed by atoms with Crippen LogP contribution in [0.25, 0.3) is 0 Å². The zero-order chi connectivity index (χ0) is 49.6. The second-order valence-corrected chi connectivity index (χ2v) is 18.7. The Morgan fingerprint density at radius 2 is 0.897 bits per heavy atom. The highest BCUT2D eigenvalue weighted by molar-refractivity contribution is 5.70. The van der Waals surface area contributed by atoms with Gasteiger partial charge in [-0.3, -0.25) is 9.59 Å². The first-order chi connectivity index (χ1) is 33.0. The van der Waals surface area contributed by atoms with Gasteiger partial charge in [-0.2, -0.15) is 0 Å². The molecule has 0 spiro atoms. The van der Waals surface area contributed by atoms with Gasteiger partial charge in [0, 0.05) is 12.8 Å². The van der Waals surface area contributed by atoms with Crippen LogP contribution in [0.2, 0.25) is 0 Å². The summed E-state index contributed by atoms with van der Waals surface area (Å²) in [5.41, 5.74) is 0. The first-order valence-corrected chi connectivity index (χ1v) is 26.6. The van der Waals surface area contributed by atoms with Gasteiger partial charge < -0.3 is 64.2 Å². The molecule has 396 valence electrons. The summed E-state index contributed by atoms with van der Waals surface area (Å²) in [5.74, 6) is -0.939. The summed E-state index contributed by atoms with van der Waals surface area (Å²) in [6, 6.07) is 0. The van der Waals surface area contributed by atoms with Crippen molar-refractivity contribution in [3.05, 3.63) is 36.5 Å². The largest absolute Gasteiger partial charge is 0.462 e. The van der Waals surface area contributed by atoms with E-state index in [2.05, 4.69) is 50.3 Å². The van der Waals surface area contributed by atoms with E-state index in [4.69, 9.17) is 28.4 Å². The van der Waals surface area contributed by atoms with Gasteiger partial charge in [0.2, 0.25) is 0 Å². The van der Waals surface area contributed by atoms with Crippen LogP contribution in [0.4, 0.5) is 0 Å². The maximum atomic E-state index is 13.0. The molecule has 2 aliphatic heterocycles. The van der Waals surface area contributed by atoms with Crippen LogP contribution in [0.3, 0.4) is 0 Å². The summed E-state index contributed by atoms with van der Waals surface area (Å²) in [4.78, 5) is 25.7. The lowest BCUT2D eigenvalue weighted by molar-refractivity contribution is -0.332. The van der Waals surface area contributed by atoms with E-state index >= 15 is 0 Å². The number of allylic oxidation sites excluding steroid dienone is 6. The summed E-state index contributed by atoms with van der Waals surface area (Å²) in [7, 11) is 0. The van der Waals surface area contributed by atoms with Crippen molar-refractivity contribution in [2.45, 2.75) is 261 Å². The minimum atomic E-state index is -1.77. The summed E-state index contributed by atoms with van der Waals surface area (Å²) in [5, 5.41) is 72.1. The van der Waals surface area contributed by atoms with Gasteiger partial charge >= 0.3 is 11.9 Å². The van der Waals surface area contributed by atoms with Crippen LogP contribution >= 0.6 is 0 Å². The number of rotatable bonds is 41. The van der Waals surface area contributed by atoms with E-state index in [1.807, 2.05) is 0 Å². The Morgan fingerprint density at radius 1 is 0.471 bits per heavy atom. The fourth-order valence-electron chi connectivity index (χ4n) is 8.17. The molecular weight excluding hydrogens is 877 g/mol. The SMILES string of the molecule is CCCC/C=C\CCCCCCCC(=O)OCC(COC1OC(COC2OC(CO)C(O)C(O)C2O)C(O)C(O)C1O)OC(=O)CCCCCCCCCCC/C=C\C/C=C\CCCCCCC. The molecule has 0 bridgehead atoms. The lowest BCUT2D eigenvalue weighted by Crippen LogP contribution is -2.61. The third-order valence-electron chi connectivity index (χ3n) is 12.6. The quantitative estimate of drug-likeness (QED) is 0.0177. The Balaban J connectivity index is 1.77. The molecular formula is C53H94O15. The van der Waals surface area contributed by atoms with E-state index in [0.717, 1.165) is 77.0 Å². The zero-order valence-electron chi connectivity index (χ0n) is 41.8. The molecule has 0 aromatic rings. The number of aliphatic hydroxyl groups is 7. The number of hydrogen-bond acceptors (Lipinski definition) is 15. The molecule has 2 aliphatic rings. The fourth-order valence-corrected chi connectivity index (χ4v) is 8.17. The molecule has 15 heteroatoms. The van der Waals surface area contributed by atoms with E-state index in [-0.39, 0.29) is 26.1 Å². The van der Waals surface area contributed by atoms with Gasteiger partial charge in [0.15, 0.2) is 18.7 Å². The summed E-state index contributed by atoms with van der Waals surface area (Å²) in [6.45, 7) is 2.53. The highest BCUT2D eigenvalue weighted by Crippen LogP contribution is 2.26. The summed E-state index contributed by atoms with van der Waals surface area (Å²) >= 11 is 0. The number of hydrogen-bond donors (Lipinski definition) is 7. The van der Waals surface area contributed by atoms with Gasteiger partial charge in [0.05, 0.1) is 19.8 Å². The van der Waals surface area contributed by atoms with Crippen molar-refractivity contribution in [1.82, 2.24) is 0 Å². The number of carbonyl (C=O) groups excluding carboxylic acids is 2. The third kappa shape index (κ3) is 27.9. The maximum absolute atomic E-state index is 13.0. The third-order valence-corrected chi connectivity index (χ3v) is 12.6. The number of ether oxygens (including phenoxy) is 6. The first-order valence-electron chi connectivity index (χ1n) is 26.6. The van der Waals surface area contributed by atoms with Crippen molar-refractivity contribution in [3.8, 4) is 0 Å². The minimum absolute atomic E-state index is 0.159. The molecule has 68 heavy (non-hydrogen) atoms. The summed E-state index contributed by atoms with van der Waals surface area (Å²) < 4.78 is 33.6. The monoisotopic (exact) mass is 971 g/mol. The molecule has 15 nitrogen and oxygen atoms in total. The van der Waals surface area contributed by atoms with Gasteiger partial charge in [-0.15, -0.1) is 0 Å². The van der Waals surface area contributed by atoms with E-state index < -0.39 is 92.7 Å². The number of unbranched alkanes of at least 4 members (excludes halogenated alkanes) is 21. The maximum Gasteiger partial charge on any atom is 0.306 e. The van der Waals surface area contributed by atoms with Crippen LogP contribution in [0.15, 0.2) is 36.5 Å². The molecule has 2 fully saturated rings. The van der Waals surface area contributed by atoms with Crippen molar-refractivity contribution in [2.75, 3.05) is 26.4 Å². The predicted molar refractivity (Wildman–Crippen MR) is 261 cm³/mol. The van der Waals surface area contributed by atoms with Crippen LogP contribution < -0.4 is 0 Å². The lowest BCUT2D eigenvalue weighted by atomic mass is 9.98. The molecule has 0 saturated carbocycles. The second-order valence-electron chi connectivity index (χ2n) is 18.7. The van der Waals surface area contributed by atoms with Crippen LogP contribution in [-0.2, 0) is 38.0 Å². The minimum Gasteiger partial charge on any atom is -0.462 e. The lowest BCUT2D eigenvalue weighted by Gasteiger charge is -2.42. The van der Waals surface area contributed by atoms with Crippen molar-refractivity contribution in [2.24, 2.45) is 0 Å². The average molecular weight is 971 g/mol. The van der Waals surface area contributed by atoms with Crippen molar-refractivity contribution in [1.29, 1.82) is 0 Å². The first kappa shape index (κ1) is 61.8. The Bertz CT molecular complexity index is 1330. The van der Waals surface area contributed by atoms with E-state index in [9.17, 15) is 45.3 Å². The predicted octanol–water partition coefficient (Wildman–Crippen LogP) is 7.71. The molecule has 2 saturated heterocycles. The highest BCUT2D eigenvalue weighted by Gasteiger charge is 2.47. The second kappa shape index (κ2) is 40.3. The van der Waals surface area contributed by atoms with Gasteiger partial charge in [0.1, 0.15) is 55.4 Å². The van der Waals surface area contributed by atoms with Gasteiger partial charge in [-0.05, 0) is 64.2 Å². The fraction of sp³-hybridized carbons (Fsp3) is 0.849. The van der Waals surface area contributed by atoms with Crippen LogP contribution in [-0.4, -0.2) is 142 Å². The number of carbonyl (C=O) groups is 2. The van der Waals surface area contributed by atoms with Crippen LogP contribution in [0.1, 0.15) is 194 Å². The molecule has 2 heterocycles. The highest BCUT2D eigenvalue weighted by atomic mass is 16.7. The molecule has 7 N–H and O–H groups in total. The summed E-state index contributed by atoms with van der Waals surface area (Å²) in [6.07, 6.45) is 26.0. The Labute approximate surface area is 408 Å². The molecule has 11 atom stereocenters. The van der Waals surface area contributed by atoms with Crippen molar-refractivity contribution in [3.63, 3.8) is 0 Å². The molecule has 0 aliphatic carbocycles. The molecule has 0 aromatic carbocycles. The number of esters is 2. The van der Waals surface area contributed by atoms with Crippen LogP contribution in [0.5, 0.6) is 0 Å². The molecule has 0 radical (unpaired) electrons. The van der Waals surface area contributed by atoms with Crippen LogP contribution in [0, 0.1) is 0 Å². The van der Waals surface area contributed by atoms with E-state index in [1.165, 1.54) is 77.0 Å². The number of aliphatic hydroxyl groups excluding tert-OH is 7. The Morgan fingerprint density at radius 3 is 1.43 bits per heavy atom. The zero-order valence-corrected chi connectivity index (χ0v) is 41.8. The normalized spacial score (nSPS) is 26.0. The molecule has 0 aromatic heterocycles. The average Bonchev–Trinajstić information content (AvgIpc) is 3.33. The molecule has 0 amide bonds. The van der Waals surface area contributed by atoms with Gasteiger partial charge in [-0.1, -0.05) is 153 Å². The molecule has 2 rings (SSSR count). The van der Waals surface area contributed by atoms with Gasteiger partial charge in [-0.25, -0.2) is 0 Å². The van der Waals surface area contributed by atoms with Crippen molar-refractivity contribution >= 4 is 11.9 Å². The Hall–Kier alpha value is -2.28. The van der Waals surface area contributed by atoms with Crippen molar-refractivity contribution < 1.29 is 73.8 Å². The topological polar surface area (TPSA) is 231 Å². The van der Waals surface area contributed by atoms with Gasteiger partial charge in [0.25, 0.3) is 0 Å². The standard InChI is InChI=1S/C53H94O15/c1-3-5-7-9-11-13-15-16-17-18-19-20-21-22-23-24-26-28-30-32-34-36-45(56)66-41(38-63-44(55)35-33-31-29-27-25-14-12-10-8-6-4-2)39-64-52-51(62)49(60)47(58)43(68-52)40-65-53-50(61)48(59)46(57)42(37-54)67-53/h10,12,15-16,18-19,41-43,46-54,57-62H,3-9,11,13-14,17,20-40H2,1-2H3/b12-10-,16-15-,19-18-. The molecule has 11 unspecified atom stereocenters.